The minimum Gasteiger partial charge on any atom is -0.166 e. The molecular formula is C31H19F3. The van der Waals surface area contributed by atoms with Crippen LogP contribution in [-0.4, -0.2) is 0 Å². The van der Waals surface area contributed by atoms with E-state index in [-0.39, 0.29) is 5.39 Å². The molecule has 0 nitrogen and oxygen atoms in total. The third-order valence-corrected chi connectivity index (χ3v) is 6.49. The molecule has 3 heteroatoms. The van der Waals surface area contributed by atoms with E-state index in [1.165, 1.54) is 6.07 Å². The highest BCUT2D eigenvalue weighted by atomic mass is 19.4. The highest BCUT2D eigenvalue weighted by Gasteiger charge is 2.33. The fraction of sp³-hybridized carbons (Fsp3) is 0.0323. The molecule has 0 aliphatic heterocycles. The van der Waals surface area contributed by atoms with Crippen LogP contribution in [-0.2, 0) is 6.18 Å². The summed E-state index contributed by atoms with van der Waals surface area (Å²) in [6.07, 6.45) is -4.42. The van der Waals surface area contributed by atoms with Crippen molar-refractivity contribution in [2.45, 2.75) is 6.18 Å². The Bertz CT molecular complexity index is 1620. The molecule has 6 aromatic rings. The predicted molar refractivity (Wildman–Crippen MR) is 135 cm³/mol. The molecule has 0 saturated heterocycles. The van der Waals surface area contributed by atoms with Gasteiger partial charge in [0.2, 0.25) is 0 Å². The van der Waals surface area contributed by atoms with Crippen LogP contribution in [0.5, 0.6) is 0 Å². The first-order valence-corrected chi connectivity index (χ1v) is 11.1. The highest BCUT2D eigenvalue weighted by molar-refractivity contribution is 6.23. The largest absolute Gasteiger partial charge is 0.417 e. The molecule has 0 unspecified atom stereocenters. The van der Waals surface area contributed by atoms with Crippen molar-refractivity contribution in [2.24, 2.45) is 0 Å². The number of rotatable bonds is 2. The van der Waals surface area contributed by atoms with Gasteiger partial charge in [0.05, 0.1) is 5.56 Å². The van der Waals surface area contributed by atoms with Gasteiger partial charge in [0.15, 0.2) is 0 Å². The monoisotopic (exact) mass is 448 g/mol. The van der Waals surface area contributed by atoms with Crippen LogP contribution in [0.25, 0.3) is 54.6 Å². The summed E-state index contributed by atoms with van der Waals surface area (Å²) < 4.78 is 41.4. The summed E-state index contributed by atoms with van der Waals surface area (Å²) in [7, 11) is 0. The lowest BCUT2D eigenvalue weighted by Crippen LogP contribution is -2.06. The van der Waals surface area contributed by atoms with Crippen molar-refractivity contribution in [1.29, 1.82) is 0 Å². The SMILES string of the molecule is FC(F)(F)c1ccc(-c2c3ccccc3c(-c3ccccc3)c3ccccc23)c2ccccc12. The lowest BCUT2D eigenvalue weighted by atomic mass is 9.84. The molecule has 6 aromatic carbocycles. The number of fused-ring (bicyclic) bond motifs is 3. The van der Waals surface area contributed by atoms with Crippen LogP contribution in [0, 0.1) is 0 Å². The maximum atomic E-state index is 13.8. The Morgan fingerprint density at radius 3 is 1.35 bits per heavy atom. The lowest BCUT2D eigenvalue weighted by Gasteiger charge is -2.20. The lowest BCUT2D eigenvalue weighted by molar-refractivity contribution is -0.136. The molecular weight excluding hydrogens is 429 g/mol. The van der Waals surface area contributed by atoms with Crippen LogP contribution in [0.3, 0.4) is 0 Å². The van der Waals surface area contributed by atoms with Crippen molar-refractivity contribution in [1.82, 2.24) is 0 Å². The van der Waals surface area contributed by atoms with Gasteiger partial charge in [-0.1, -0.05) is 109 Å². The first-order valence-electron chi connectivity index (χ1n) is 11.1. The Hall–Kier alpha value is -4.11. The van der Waals surface area contributed by atoms with Crippen LogP contribution in [0.1, 0.15) is 5.56 Å². The molecule has 0 saturated carbocycles. The van der Waals surface area contributed by atoms with Gasteiger partial charge in [0.1, 0.15) is 0 Å². The third-order valence-electron chi connectivity index (χ3n) is 6.49. The van der Waals surface area contributed by atoms with Crippen LogP contribution in [0.2, 0.25) is 0 Å². The summed E-state index contributed by atoms with van der Waals surface area (Å²) >= 11 is 0. The molecule has 34 heavy (non-hydrogen) atoms. The minimum atomic E-state index is -4.42. The first kappa shape index (κ1) is 20.5. The zero-order valence-electron chi connectivity index (χ0n) is 18.1. The molecule has 0 heterocycles. The number of benzene rings is 6. The number of hydrogen-bond acceptors (Lipinski definition) is 0. The second-order valence-electron chi connectivity index (χ2n) is 8.41. The maximum absolute atomic E-state index is 13.8. The van der Waals surface area contributed by atoms with Crippen LogP contribution in [0.15, 0.2) is 115 Å². The molecule has 0 aliphatic rings. The second kappa shape index (κ2) is 7.74. The van der Waals surface area contributed by atoms with Gasteiger partial charge in [-0.3, -0.25) is 0 Å². The van der Waals surface area contributed by atoms with Gasteiger partial charge in [-0.2, -0.15) is 13.2 Å². The van der Waals surface area contributed by atoms with E-state index < -0.39 is 11.7 Å². The molecule has 0 amide bonds. The highest BCUT2D eigenvalue weighted by Crippen LogP contribution is 2.46. The Morgan fingerprint density at radius 2 is 0.824 bits per heavy atom. The molecule has 0 bridgehead atoms. The van der Waals surface area contributed by atoms with E-state index in [4.69, 9.17) is 0 Å². The van der Waals surface area contributed by atoms with Gasteiger partial charge in [0, 0.05) is 0 Å². The van der Waals surface area contributed by atoms with E-state index in [0.29, 0.717) is 5.39 Å². The molecule has 0 spiro atoms. The van der Waals surface area contributed by atoms with Crippen molar-refractivity contribution >= 4 is 32.3 Å². The number of alkyl halides is 3. The molecule has 0 atom stereocenters. The second-order valence-corrected chi connectivity index (χ2v) is 8.41. The molecule has 6 rings (SSSR count). The Morgan fingerprint density at radius 1 is 0.382 bits per heavy atom. The van der Waals surface area contributed by atoms with Gasteiger partial charge in [-0.25, -0.2) is 0 Å². The quantitative estimate of drug-likeness (QED) is 0.231. The van der Waals surface area contributed by atoms with Crippen LogP contribution < -0.4 is 0 Å². The van der Waals surface area contributed by atoms with Gasteiger partial charge in [-0.15, -0.1) is 0 Å². The smallest absolute Gasteiger partial charge is 0.166 e. The standard InChI is InChI=1S/C31H19F3/c32-31(33,34)28-19-18-27(21-12-4-5-13-22(21)28)30-25-16-8-6-14-23(25)29(20-10-2-1-3-11-20)24-15-7-9-17-26(24)30/h1-19H. The molecule has 164 valence electrons. The average Bonchev–Trinajstić information content (AvgIpc) is 2.86. The number of halogens is 3. The zero-order chi connectivity index (χ0) is 23.3. The average molecular weight is 448 g/mol. The minimum absolute atomic E-state index is 0.216. The van der Waals surface area contributed by atoms with Gasteiger partial charge < -0.3 is 0 Å². The van der Waals surface area contributed by atoms with Gasteiger partial charge in [0.25, 0.3) is 0 Å². The molecule has 0 radical (unpaired) electrons. The van der Waals surface area contributed by atoms with E-state index in [9.17, 15) is 13.2 Å². The maximum Gasteiger partial charge on any atom is 0.417 e. The van der Waals surface area contributed by atoms with E-state index in [1.54, 1.807) is 30.3 Å². The molecule has 0 aromatic heterocycles. The Balaban J connectivity index is 1.80. The summed E-state index contributed by atoms with van der Waals surface area (Å²) in [4.78, 5) is 0. The molecule has 0 fully saturated rings. The summed E-state index contributed by atoms with van der Waals surface area (Å²) in [6.45, 7) is 0. The summed E-state index contributed by atoms with van der Waals surface area (Å²) in [6, 6.07) is 36.2. The van der Waals surface area contributed by atoms with Crippen LogP contribution in [0.4, 0.5) is 13.2 Å². The Labute approximate surface area is 194 Å². The van der Waals surface area contributed by atoms with Crippen molar-refractivity contribution in [3.63, 3.8) is 0 Å². The van der Waals surface area contributed by atoms with E-state index in [0.717, 1.165) is 43.8 Å². The summed E-state index contributed by atoms with van der Waals surface area (Å²) in [5.41, 5.74) is 3.39. The summed E-state index contributed by atoms with van der Waals surface area (Å²) in [5.74, 6) is 0. The number of hydrogen-bond donors (Lipinski definition) is 0. The fourth-order valence-electron chi connectivity index (χ4n) is 5.10. The van der Waals surface area contributed by atoms with Crippen molar-refractivity contribution in [2.75, 3.05) is 0 Å². The normalized spacial score (nSPS) is 12.0. The molecule has 0 aliphatic carbocycles. The Kier molecular flexibility index (Phi) is 4.66. The van der Waals surface area contributed by atoms with Crippen LogP contribution >= 0.6 is 0 Å². The molecule has 0 N–H and O–H groups in total. The first-order chi connectivity index (χ1) is 16.5. The van der Waals surface area contributed by atoms with Gasteiger partial charge >= 0.3 is 6.18 Å². The van der Waals surface area contributed by atoms with E-state index in [1.807, 2.05) is 42.5 Å². The van der Waals surface area contributed by atoms with E-state index in [2.05, 4.69) is 36.4 Å². The van der Waals surface area contributed by atoms with Gasteiger partial charge in [-0.05, 0) is 60.6 Å². The topological polar surface area (TPSA) is 0 Å². The van der Waals surface area contributed by atoms with Crippen molar-refractivity contribution in [3.8, 4) is 22.3 Å². The zero-order valence-corrected chi connectivity index (χ0v) is 18.1. The summed E-state index contributed by atoms with van der Waals surface area (Å²) in [5, 5.41) is 5.00. The fourth-order valence-corrected chi connectivity index (χ4v) is 5.10. The van der Waals surface area contributed by atoms with Crippen molar-refractivity contribution < 1.29 is 13.2 Å². The van der Waals surface area contributed by atoms with E-state index >= 15 is 0 Å². The van der Waals surface area contributed by atoms with Crippen molar-refractivity contribution in [3.05, 3.63) is 121 Å². The third kappa shape index (κ3) is 3.16. The predicted octanol–water partition coefficient (Wildman–Crippen LogP) is 9.50.